The lowest BCUT2D eigenvalue weighted by atomic mass is 10.1. The summed E-state index contributed by atoms with van der Waals surface area (Å²) in [5.41, 5.74) is 14.8. The van der Waals surface area contributed by atoms with E-state index in [4.69, 9.17) is 11.5 Å². The van der Waals surface area contributed by atoms with Crippen molar-refractivity contribution in [2.45, 2.75) is 0 Å². The molecule has 3 rings (SSSR count). The van der Waals surface area contributed by atoms with Crippen LogP contribution in [0.3, 0.4) is 0 Å². The van der Waals surface area contributed by atoms with E-state index >= 15 is 0 Å². The zero-order valence-electron chi connectivity index (χ0n) is 9.34. The van der Waals surface area contributed by atoms with E-state index in [1.165, 1.54) is 0 Å². The number of halogens is 1. The molecular weight excluding hydrogens is 294 g/mol. The minimum atomic E-state index is 0.518. The number of rotatable bonds is 1. The fourth-order valence-corrected chi connectivity index (χ4v) is 2.18. The molecule has 1 aromatic carbocycles. The highest BCUT2D eigenvalue weighted by atomic mass is 79.9. The quantitative estimate of drug-likeness (QED) is 0.676. The van der Waals surface area contributed by atoms with Crippen molar-refractivity contribution in [2.75, 3.05) is 11.5 Å². The van der Waals surface area contributed by atoms with Crippen LogP contribution in [0.2, 0.25) is 0 Å². The van der Waals surface area contributed by atoms with Crippen LogP contribution < -0.4 is 11.5 Å². The van der Waals surface area contributed by atoms with Gasteiger partial charge in [0.25, 0.3) is 0 Å². The van der Waals surface area contributed by atoms with Crippen molar-refractivity contribution < 1.29 is 0 Å². The van der Waals surface area contributed by atoms with E-state index in [1.54, 1.807) is 16.8 Å². The summed E-state index contributed by atoms with van der Waals surface area (Å²) < 4.78 is 2.37. The zero-order chi connectivity index (χ0) is 12.7. The number of hydrogen-bond acceptors (Lipinski definition) is 4. The topological polar surface area (TPSA) is 82.2 Å². The number of aromatic nitrogens is 3. The minimum Gasteiger partial charge on any atom is -0.398 e. The van der Waals surface area contributed by atoms with E-state index in [1.807, 2.05) is 24.3 Å². The van der Waals surface area contributed by atoms with E-state index in [-0.39, 0.29) is 0 Å². The first-order valence-corrected chi connectivity index (χ1v) is 6.11. The Kier molecular flexibility index (Phi) is 2.45. The normalized spacial score (nSPS) is 10.9. The molecule has 3 aromatic rings. The molecular formula is C12H10BrN5. The molecule has 0 radical (unpaired) electrons. The molecule has 4 N–H and O–H groups in total. The van der Waals surface area contributed by atoms with Gasteiger partial charge >= 0.3 is 0 Å². The Morgan fingerprint density at radius 2 is 1.94 bits per heavy atom. The first-order chi connectivity index (χ1) is 8.66. The van der Waals surface area contributed by atoms with Crippen LogP contribution in [0, 0.1) is 0 Å². The fourth-order valence-electron chi connectivity index (χ4n) is 1.83. The SMILES string of the molecule is Nc1ccccc1-c1cc(N)n2ncc(Br)c2n1. The van der Waals surface area contributed by atoms with E-state index in [9.17, 15) is 0 Å². The second-order valence-corrected chi connectivity index (χ2v) is 4.74. The van der Waals surface area contributed by atoms with Crippen LogP contribution in [-0.2, 0) is 0 Å². The molecule has 0 bridgehead atoms. The van der Waals surface area contributed by atoms with Gasteiger partial charge in [-0.2, -0.15) is 9.61 Å². The van der Waals surface area contributed by atoms with Crippen LogP contribution >= 0.6 is 15.9 Å². The number of para-hydroxylation sites is 1. The highest BCUT2D eigenvalue weighted by Gasteiger charge is 2.10. The van der Waals surface area contributed by atoms with Gasteiger partial charge in [0.15, 0.2) is 5.65 Å². The van der Waals surface area contributed by atoms with Crippen molar-refractivity contribution in [1.29, 1.82) is 0 Å². The summed E-state index contributed by atoms with van der Waals surface area (Å²) >= 11 is 3.39. The molecule has 0 aliphatic heterocycles. The lowest BCUT2D eigenvalue weighted by Crippen LogP contribution is -2.02. The van der Waals surface area contributed by atoms with Crippen molar-refractivity contribution in [1.82, 2.24) is 14.6 Å². The van der Waals surface area contributed by atoms with Crippen LogP contribution in [0.5, 0.6) is 0 Å². The van der Waals surface area contributed by atoms with Gasteiger partial charge in [0.1, 0.15) is 5.82 Å². The number of nitrogens with zero attached hydrogens (tertiary/aromatic N) is 3. The van der Waals surface area contributed by atoms with Crippen molar-refractivity contribution in [2.24, 2.45) is 0 Å². The first kappa shape index (κ1) is 11.0. The van der Waals surface area contributed by atoms with Crippen LogP contribution in [-0.4, -0.2) is 14.6 Å². The third-order valence-electron chi connectivity index (χ3n) is 2.69. The predicted molar refractivity (Wildman–Crippen MR) is 74.9 cm³/mol. The van der Waals surface area contributed by atoms with E-state index in [0.717, 1.165) is 15.7 Å². The molecule has 2 aromatic heterocycles. The molecule has 0 spiro atoms. The third-order valence-corrected chi connectivity index (χ3v) is 3.25. The van der Waals surface area contributed by atoms with Crippen LogP contribution in [0.25, 0.3) is 16.9 Å². The van der Waals surface area contributed by atoms with E-state index < -0.39 is 0 Å². The number of nitrogen functional groups attached to an aromatic ring is 2. The van der Waals surface area contributed by atoms with Crippen molar-refractivity contribution in [3.63, 3.8) is 0 Å². The molecule has 6 heteroatoms. The molecule has 0 saturated carbocycles. The minimum absolute atomic E-state index is 0.518. The first-order valence-electron chi connectivity index (χ1n) is 5.31. The van der Waals surface area contributed by atoms with E-state index in [0.29, 0.717) is 17.2 Å². The summed E-state index contributed by atoms with van der Waals surface area (Å²) in [6, 6.07) is 9.31. The molecule has 0 fully saturated rings. The number of nitrogens with two attached hydrogens (primary N) is 2. The van der Waals surface area contributed by atoms with Crippen molar-refractivity contribution >= 4 is 33.1 Å². The van der Waals surface area contributed by atoms with Gasteiger partial charge in [-0.3, -0.25) is 0 Å². The maximum atomic E-state index is 5.96. The summed E-state index contributed by atoms with van der Waals surface area (Å²) in [5, 5.41) is 4.13. The average molecular weight is 304 g/mol. The predicted octanol–water partition coefficient (Wildman–Crippen LogP) is 2.32. The second-order valence-electron chi connectivity index (χ2n) is 3.88. The molecule has 18 heavy (non-hydrogen) atoms. The highest BCUT2D eigenvalue weighted by Crippen LogP contribution is 2.27. The number of hydrogen-bond donors (Lipinski definition) is 2. The van der Waals surface area contributed by atoms with Crippen molar-refractivity contribution in [3.05, 3.63) is 41.0 Å². The Labute approximate surface area is 112 Å². The molecule has 90 valence electrons. The monoisotopic (exact) mass is 303 g/mol. The molecule has 0 atom stereocenters. The number of fused-ring (bicyclic) bond motifs is 1. The molecule has 0 aliphatic carbocycles. The number of benzene rings is 1. The lowest BCUT2D eigenvalue weighted by molar-refractivity contribution is 0.954. The Hall–Kier alpha value is -2.08. The van der Waals surface area contributed by atoms with Gasteiger partial charge in [-0.25, -0.2) is 4.98 Å². The third kappa shape index (κ3) is 1.62. The van der Waals surface area contributed by atoms with E-state index in [2.05, 4.69) is 26.0 Å². The largest absolute Gasteiger partial charge is 0.398 e. The van der Waals surface area contributed by atoms with Gasteiger partial charge < -0.3 is 11.5 Å². The molecule has 0 amide bonds. The summed E-state index contributed by atoms with van der Waals surface area (Å²) in [5.74, 6) is 0.518. The van der Waals surface area contributed by atoms with Gasteiger partial charge in [-0.05, 0) is 22.0 Å². The Balaban J connectivity index is 2.31. The van der Waals surface area contributed by atoms with Crippen LogP contribution in [0.1, 0.15) is 0 Å². The van der Waals surface area contributed by atoms with Gasteiger partial charge in [-0.1, -0.05) is 18.2 Å². The molecule has 0 aliphatic rings. The van der Waals surface area contributed by atoms with Gasteiger partial charge in [-0.15, -0.1) is 0 Å². The van der Waals surface area contributed by atoms with Gasteiger partial charge in [0.2, 0.25) is 0 Å². The highest BCUT2D eigenvalue weighted by molar-refractivity contribution is 9.10. The Bertz CT molecular complexity index is 734. The summed E-state index contributed by atoms with van der Waals surface area (Å²) in [7, 11) is 0. The lowest BCUT2D eigenvalue weighted by Gasteiger charge is -2.07. The van der Waals surface area contributed by atoms with Gasteiger partial charge in [0.05, 0.1) is 16.4 Å². The summed E-state index contributed by atoms with van der Waals surface area (Å²) in [6.07, 6.45) is 1.66. The zero-order valence-corrected chi connectivity index (χ0v) is 10.9. The van der Waals surface area contributed by atoms with Crippen LogP contribution in [0.4, 0.5) is 11.5 Å². The molecule has 5 nitrogen and oxygen atoms in total. The average Bonchev–Trinajstić information content (AvgIpc) is 2.72. The summed E-state index contributed by atoms with van der Waals surface area (Å²) in [6.45, 7) is 0. The smallest absolute Gasteiger partial charge is 0.172 e. The molecule has 0 unspecified atom stereocenters. The standard InChI is InChI=1S/C12H10BrN5/c13-8-6-16-18-11(15)5-10(17-12(8)18)7-3-1-2-4-9(7)14/h1-6H,14-15H2. The maximum absolute atomic E-state index is 5.96. The molecule has 2 heterocycles. The van der Waals surface area contributed by atoms with Crippen LogP contribution in [0.15, 0.2) is 41.0 Å². The van der Waals surface area contributed by atoms with Gasteiger partial charge in [0, 0.05) is 17.3 Å². The Morgan fingerprint density at radius 3 is 2.72 bits per heavy atom. The molecule has 0 saturated heterocycles. The Morgan fingerprint density at radius 1 is 1.17 bits per heavy atom. The number of anilines is 2. The fraction of sp³-hybridized carbons (Fsp3) is 0. The maximum Gasteiger partial charge on any atom is 0.172 e. The summed E-state index contributed by atoms with van der Waals surface area (Å²) in [4.78, 5) is 4.52. The van der Waals surface area contributed by atoms with Crippen molar-refractivity contribution in [3.8, 4) is 11.3 Å². The second kappa shape index (κ2) is 3.99.